The molecule has 0 saturated carbocycles. The summed E-state index contributed by atoms with van der Waals surface area (Å²) in [6.45, 7) is 4.95. The lowest BCUT2D eigenvalue weighted by Crippen LogP contribution is -2.13. The van der Waals surface area contributed by atoms with Gasteiger partial charge in [-0.3, -0.25) is 0 Å². The maximum Gasteiger partial charge on any atom is 0.154 e. The molecule has 2 aromatic rings. The number of nitrogens with zero attached hydrogens (tertiary/aromatic N) is 2. The second-order valence-corrected chi connectivity index (χ2v) is 4.28. The Morgan fingerprint density at radius 1 is 1.35 bits per heavy atom. The fraction of sp³-hybridized carbons (Fsp3) is 0.462. The van der Waals surface area contributed by atoms with E-state index in [1.807, 2.05) is 33.2 Å². The summed E-state index contributed by atoms with van der Waals surface area (Å²) in [5.74, 6) is 2.86. The normalized spacial score (nSPS) is 11.1. The van der Waals surface area contributed by atoms with Gasteiger partial charge in [0.15, 0.2) is 5.76 Å². The predicted octanol–water partition coefficient (Wildman–Crippen LogP) is 2.06. The number of likely N-dealkylation sites (N-methyl/N-ethyl adjacent to an activating group) is 1. The SMILES string of the molecule is CNCCc1nc(-c2ccc(C)o2)c(C)n1C. The predicted molar refractivity (Wildman–Crippen MR) is 68.0 cm³/mol. The van der Waals surface area contributed by atoms with Crippen molar-refractivity contribution < 1.29 is 4.42 Å². The van der Waals surface area contributed by atoms with E-state index in [9.17, 15) is 0 Å². The Hall–Kier alpha value is -1.55. The summed E-state index contributed by atoms with van der Waals surface area (Å²) in [6, 6.07) is 3.95. The largest absolute Gasteiger partial charge is 0.460 e. The lowest BCUT2D eigenvalue weighted by atomic mass is 10.3. The van der Waals surface area contributed by atoms with E-state index in [1.165, 1.54) is 0 Å². The van der Waals surface area contributed by atoms with Crippen molar-refractivity contribution in [3.8, 4) is 11.5 Å². The maximum atomic E-state index is 5.63. The number of aryl methyl sites for hydroxylation is 1. The van der Waals surface area contributed by atoms with Crippen molar-refractivity contribution in [3.05, 3.63) is 29.4 Å². The molecule has 0 bridgehead atoms. The summed E-state index contributed by atoms with van der Waals surface area (Å²) in [5, 5.41) is 3.14. The second-order valence-electron chi connectivity index (χ2n) is 4.28. The minimum Gasteiger partial charge on any atom is -0.460 e. The highest BCUT2D eigenvalue weighted by Gasteiger charge is 2.14. The molecule has 0 aliphatic carbocycles. The van der Waals surface area contributed by atoms with Crippen LogP contribution >= 0.6 is 0 Å². The van der Waals surface area contributed by atoms with E-state index >= 15 is 0 Å². The summed E-state index contributed by atoms with van der Waals surface area (Å²) < 4.78 is 7.76. The fourth-order valence-electron chi connectivity index (χ4n) is 1.89. The zero-order valence-electron chi connectivity index (χ0n) is 10.9. The zero-order valence-corrected chi connectivity index (χ0v) is 10.9. The maximum absolute atomic E-state index is 5.63. The number of hydrogen-bond acceptors (Lipinski definition) is 3. The molecule has 0 aromatic carbocycles. The topological polar surface area (TPSA) is 43.0 Å². The Kier molecular flexibility index (Phi) is 3.33. The van der Waals surface area contributed by atoms with Crippen LogP contribution < -0.4 is 5.32 Å². The first-order valence-electron chi connectivity index (χ1n) is 5.87. The smallest absolute Gasteiger partial charge is 0.154 e. The molecular weight excluding hydrogens is 214 g/mol. The van der Waals surface area contributed by atoms with E-state index in [0.29, 0.717) is 0 Å². The minimum absolute atomic E-state index is 0.853. The Balaban J connectivity index is 2.35. The average Bonchev–Trinajstić information content (AvgIpc) is 2.84. The van der Waals surface area contributed by atoms with E-state index in [2.05, 4.69) is 21.8 Å². The first kappa shape index (κ1) is 11.9. The Morgan fingerprint density at radius 2 is 2.12 bits per heavy atom. The van der Waals surface area contributed by atoms with Crippen molar-refractivity contribution in [3.63, 3.8) is 0 Å². The monoisotopic (exact) mass is 233 g/mol. The van der Waals surface area contributed by atoms with Crippen LogP contribution in [0.2, 0.25) is 0 Å². The van der Waals surface area contributed by atoms with Gasteiger partial charge < -0.3 is 14.3 Å². The van der Waals surface area contributed by atoms with Crippen LogP contribution in [0, 0.1) is 13.8 Å². The Labute approximate surface area is 102 Å². The summed E-state index contributed by atoms with van der Waals surface area (Å²) in [5.41, 5.74) is 2.09. The number of imidazole rings is 1. The van der Waals surface area contributed by atoms with Crippen LogP contribution in [0.5, 0.6) is 0 Å². The van der Waals surface area contributed by atoms with Crippen LogP contribution in [-0.4, -0.2) is 23.1 Å². The summed E-state index contributed by atoms with van der Waals surface area (Å²) in [4.78, 5) is 4.66. The van der Waals surface area contributed by atoms with Gasteiger partial charge in [-0.1, -0.05) is 0 Å². The van der Waals surface area contributed by atoms with Crippen molar-refractivity contribution >= 4 is 0 Å². The van der Waals surface area contributed by atoms with Gasteiger partial charge in [0, 0.05) is 25.7 Å². The van der Waals surface area contributed by atoms with E-state index in [-0.39, 0.29) is 0 Å². The van der Waals surface area contributed by atoms with Crippen LogP contribution in [0.1, 0.15) is 17.3 Å². The molecule has 17 heavy (non-hydrogen) atoms. The van der Waals surface area contributed by atoms with Gasteiger partial charge in [0.2, 0.25) is 0 Å². The van der Waals surface area contributed by atoms with Crippen LogP contribution in [0.3, 0.4) is 0 Å². The number of rotatable bonds is 4. The third-order valence-electron chi connectivity index (χ3n) is 3.05. The third-order valence-corrected chi connectivity index (χ3v) is 3.05. The highest BCUT2D eigenvalue weighted by atomic mass is 16.3. The van der Waals surface area contributed by atoms with Crippen LogP contribution in [-0.2, 0) is 13.5 Å². The van der Waals surface area contributed by atoms with Gasteiger partial charge in [0.25, 0.3) is 0 Å². The van der Waals surface area contributed by atoms with Crippen molar-refractivity contribution in [1.82, 2.24) is 14.9 Å². The van der Waals surface area contributed by atoms with Gasteiger partial charge in [-0.05, 0) is 33.0 Å². The molecule has 0 radical (unpaired) electrons. The molecule has 2 rings (SSSR count). The van der Waals surface area contributed by atoms with Crippen molar-refractivity contribution in [2.24, 2.45) is 7.05 Å². The number of nitrogens with one attached hydrogen (secondary N) is 1. The zero-order chi connectivity index (χ0) is 12.4. The van der Waals surface area contributed by atoms with E-state index < -0.39 is 0 Å². The molecule has 4 nitrogen and oxygen atoms in total. The quantitative estimate of drug-likeness (QED) is 0.879. The molecule has 0 saturated heterocycles. The van der Waals surface area contributed by atoms with Gasteiger partial charge >= 0.3 is 0 Å². The standard InChI is InChI=1S/C13H19N3O/c1-9-5-6-11(17-9)13-10(2)16(4)12(15-13)7-8-14-3/h5-6,14H,7-8H2,1-4H3. The van der Waals surface area contributed by atoms with E-state index in [4.69, 9.17) is 4.42 Å². The molecule has 2 heterocycles. The number of furan rings is 1. The first-order chi connectivity index (χ1) is 8.13. The second kappa shape index (κ2) is 4.75. The van der Waals surface area contributed by atoms with Gasteiger partial charge in [-0.2, -0.15) is 0 Å². The van der Waals surface area contributed by atoms with Gasteiger partial charge in [-0.25, -0.2) is 4.98 Å². The third kappa shape index (κ3) is 2.26. The van der Waals surface area contributed by atoms with E-state index in [0.717, 1.165) is 41.7 Å². The summed E-state index contributed by atoms with van der Waals surface area (Å²) in [6.07, 6.45) is 0.924. The molecule has 92 valence electrons. The molecule has 4 heteroatoms. The lowest BCUT2D eigenvalue weighted by Gasteiger charge is -2.01. The van der Waals surface area contributed by atoms with E-state index in [1.54, 1.807) is 0 Å². The number of aromatic nitrogens is 2. The molecule has 0 aliphatic heterocycles. The first-order valence-corrected chi connectivity index (χ1v) is 5.87. The van der Waals surface area contributed by atoms with Gasteiger partial charge in [0.05, 0.1) is 0 Å². The average molecular weight is 233 g/mol. The Bertz CT molecular complexity index is 511. The summed E-state index contributed by atoms with van der Waals surface area (Å²) >= 11 is 0. The van der Waals surface area contributed by atoms with Crippen molar-refractivity contribution in [2.45, 2.75) is 20.3 Å². The van der Waals surface area contributed by atoms with Crippen LogP contribution in [0.25, 0.3) is 11.5 Å². The molecule has 0 spiro atoms. The molecule has 0 atom stereocenters. The van der Waals surface area contributed by atoms with Gasteiger partial charge in [0.1, 0.15) is 17.3 Å². The van der Waals surface area contributed by atoms with Crippen molar-refractivity contribution in [2.75, 3.05) is 13.6 Å². The molecule has 0 amide bonds. The van der Waals surface area contributed by atoms with Crippen LogP contribution in [0.15, 0.2) is 16.5 Å². The molecule has 2 aromatic heterocycles. The molecule has 0 fully saturated rings. The lowest BCUT2D eigenvalue weighted by molar-refractivity contribution is 0.546. The highest BCUT2D eigenvalue weighted by molar-refractivity contribution is 5.56. The minimum atomic E-state index is 0.853. The molecule has 0 unspecified atom stereocenters. The molecular formula is C13H19N3O. The van der Waals surface area contributed by atoms with Crippen molar-refractivity contribution in [1.29, 1.82) is 0 Å². The highest BCUT2D eigenvalue weighted by Crippen LogP contribution is 2.24. The Morgan fingerprint density at radius 3 is 2.71 bits per heavy atom. The molecule has 1 N–H and O–H groups in total. The number of hydrogen-bond donors (Lipinski definition) is 1. The van der Waals surface area contributed by atoms with Gasteiger partial charge in [-0.15, -0.1) is 0 Å². The summed E-state index contributed by atoms with van der Waals surface area (Å²) in [7, 11) is 4.00. The van der Waals surface area contributed by atoms with Crippen LogP contribution in [0.4, 0.5) is 0 Å². The fourth-order valence-corrected chi connectivity index (χ4v) is 1.89. The molecule has 0 aliphatic rings.